The van der Waals surface area contributed by atoms with Crippen molar-refractivity contribution >= 4 is 43.5 Å². The van der Waals surface area contributed by atoms with Crippen LogP contribution in [0.3, 0.4) is 0 Å². The largest absolute Gasteiger partial charge is 0.456 e. The van der Waals surface area contributed by atoms with Gasteiger partial charge in [0.15, 0.2) is 0 Å². The molecule has 0 fully saturated rings. The number of para-hydroxylation sites is 1. The van der Waals surface area contributed by atoms with Gasteiger partial charge in [-0.2, -0.15) is 0 Å². The molecule has 0 saturated carbocycles. The van der Waals surface area contributed by atoms with E-state index in [-0.39, 0.29) is 5.41 Å². The van der Waals surface area contributed by atoms with Crippen molar-refractivity contribution in [2.45, 2.75) is 19.3 Å². The monoisotopic (exact) mass is 612 g/mol. The van der Waals surface area contributed by atoms with Crippen LogP contribution in [-0.4, -0.2) is 0 Å². The van der Waals surface area contributed by atoms with E-state index < -0.39 is 0 Å². The summed E-state index contributed by atoms with van der Waals surface area (Å²) >= 11 is 0. The lowest BCUT2D eigenvalue weighted by molar-refractivity contribution is 0.658. The number of furan rings is 1. The van der Waals surface area contributed by atoms with E-state index in [1.54, 1.807) is 0 Å². The molecule has 0 bridgehead atoms. The van der Waals surface area contributed by atoms with Gasteiger partial charge in [0.2, 0.25) is 0 Å². The van der Waals surface area contributed by atoms with Gasteiger partial charge in [-0.25, -0.2) is 0 Å². The number of hydrogen-bond donors (Lipinski definition) is 0. The van der Waals surface area contributed by atoms with E-state index in [2.05, 4.69) is 166 Å². The molecule has 1 aliphatic rings. The third-order valence-electron chi connectivity index (χ3n) is 10.7. The third-order valence-corrected chi connectivity index (χ3v) is 10.7. The zero-order chi connectivity index (χ0) is 32.0. The lowest BCUT2D eigenvalue weighted by Gasteiger charge is -2.22. The van der Waals surface area contributed by atoms with E-state index in [4.69, 9.17) is 4.42 Å². The van der Waals surface area contributed by atoms with Crippen molar-refractivity contribution in [1.29, 1.82) is 0 Å². The summed E-state index contributed by atoms with van der Waals surface area (Å²) in [4.78, 5) is 0. The van der Waals surface area contributed by atoms with Gasteiger partial charge in [-0.3, -0.25) is 0 Å². The topological polar surface area (TPSA) is 13.1 Å². The highest BCUT2D eigenvalue weighted by atomic mass is 16.3. The molecule has 0 aliphatic heterocycles. The van der Waals surface area contributed by atoms with E-state index in [0.29, 0.717) is 0 Å². The van der Waals surface area contributed by atoms with E-state index in [0.717, 1.165) is 11.2 Å². The summed E-state index contributed by atoms with van der Waals surface area (Å²) < 4.78 is 6.30. The smallest absolute Gasteiger partial charge is 0.136 e. The van der Waals surface area contributed by atoms with Crippen LogP contribution in [0.2, 0.25) is 0 Å². The Morgan fingerprint density at radius 3 is 1.60 bits per heavy atom. The van der Waals surface area contributed by atoms with Crippen LogP contribution in [0.4, 0.5) is 0 Å². The lowest BCUT2D eigenvalue weighted by atomic mass is 9.81. The second-order valence-electron chi connectivity index (χ2n) is 13.7. The maximum absolute atomic E-state index is 6.30. The van der Waals surface area contributed by atoms with E-state index >= 15 is 0 Å². The Labute approximate surface area is 279 Å². The third kappa shape index (κ3) is 3.85. The van der Waals surface area contributed by atoms with E-state index in [9.17, 15) is 0 Å². The molecule has 9 aromatic rings. The highest BCUT2D eigenvalue weighted by Gasteiger charge is 2.36. The van der Waals surface area contributed by atoms with Crippen LogP contribution in [0, 0.1) is 0 Å². The average Bonchev–Trinajstić information content (AvgIpc) is 3.61. The van der Waals surface area contributed by atoms with Gasteiger partial charge in [-0.05, 0) is 108 Å². The molecule has 0 N–H and O–H groups in total. The van der Waals surface area contributed by atoms with Crippen molar-refractivity contribution in [2.24, 2.45) is 0 Å². The number of fused-ring (bicyclic) bond motifs is 8. The molecule has 0 unspecified atom stereocenters. The Morgan fingerprint density at radius 2 is 0.896 bits per heavy atom. The van der Waals surface area contributed by atoms with Gasteiger partial charge in [-0.15, -0.1) is 0 Å². The minimum atomic E-state index is -0.134. The quantitative estimate of drug-likeness (QED) is 0.181. The first kappa shape index (κ1) is 27.2. The van der Waals surface area contributed by atoms with Gasteiger partial charge in [0.1, 0.15) is 11.2 Å². The molecular weight excluding hydrogens is 581 g/mol. The van der Waals surface area contributed by atoms with Crippen LogP contribution in [0.15, 0.2) is 162 Å². The van der Waals surface area contributed by atoms with Crippen molar-refractivity contribution in [3.63, 3.8) is 0 Å². The summed E-state index contributed by atoms with van der Waals surface area (Å²) in [6.07, 6.45) is 0. The predicted octanol–water partition coefficient (Wildman–Crippen LogP) is 13.2. The first-order valence-corrected chi connectivity index (χ1v) is 16.8. The molecule has 0 amide bonds. The molecule has 1 heteroatoms. The molecule has 0 atom stereocenters. The van der Waals surface area contributed by atoms with Crippen molar-refractivity contribution in [1.82, 2.24) is 0 Å². The van der Waals surface area contributed by atoms with Crippen LogP contribution < -0.4 is 0 Å². The summed E-state index contributed by atoms with van der Waals surface area (Å²) in [5, 5.41) is 7.47. The maximum Gasteiger partial charge on any atom is 0.136 e. The molecular formula is C47H32O. The van der Waals surface area contributed by atoms with Crippen LogP contribution in [0.25, 0.3) is 88.0 Å². The molecule has 1 aliphatic carbocycles. The number of rotatable bonds is 3. The van der Waals surface area contributed by atoms with Gasteiger partial charge in [0.05, 0.1) is 0 Å². The van der Waals surface area contributed by atoms with Crippen LogP contribution in [0.1, 0.15) is 25.0 Å². The van der Waals surface area contributed by atoms with Gasteiger partial charge in [-0.1, -0.05) is 141 Å². The first-order valence-electron chi connectivity index (χ1n) is 16.8. The summed E-state index contributed by atoms with van der Waals surface area (Å²) in [6, 6.07) is 57.7. The molecule has 8 aromatic carbocycles. The van der Waals surface area contributed by atoms with Crippen molar-refractivity contribution in [2.75, 3.05) is 0 Å². The van der Waals surface area contributed by atoms with Gasteiger partial charge in [0.25, 0.3) is 0 Å². The van der Waals surface area contributed by atoms with E-state index in [1.165, 1.54) is 88.0 Å². The molecule has 10 rings (SSSR count). The molecule has 0 spiro atoms. The first-order chi connectivity index (χ1) is 23.6. The summed E-state index contributed by atoms with van der Waals surface area (Å²) in [5.74, 6) is 0. The number of hydrogen-bond acceptors (Lipinski definition) is 1. The zero-order valence-electron chi connectivity index (χ0n) is 26.9. The second-order valence-corrected chi connectivity index (χ2v) is 13.7. The molecule has 1 nitrogen and oxygen atoms in total. The van der Waals surface area contributed by atoms with Crippen molar-refractivity contribution < 1.29 is 4.42 Å². The Morgan fingerprint density at radius 1 is 0.354 bits per heavy atom. The van der Waals surface area contributed by atoms with Gasteiger partial charge >= 0.3 is 0 Å². The zero-order valence-corrected chi connectivity index (χ0v) is 26.9. The Kier molecular flexibility index (Phi) is 5.69. The van der Waals surface area contributed by atoms with Crippen molar-refractivity contribution in [3.05, 3.63) is 169 Å². The second kappa shape index (κ2) is 10.0. The Balaban J connectivity index is 1.14. The molecule has 0 radical (unpaired) electrons. The fraction of sp³-hybridized carbons (Fsp3) is 0.0638. The lowest BCUT2D eigenvalue weighted by Crippen LogP contribution is -2.15. The highest BCUT2D eigenvalue weighted by Crippen LogP contribution is 2.52. The molecule has 0 saturated heterocycles. The summed E-state index contributed by atoms with van der Waals surface area (Å²) in [6.45, 7) is 4.72. The predicted molar refractivity (Wildman–Crippen MR) is 203 cm³/mol. The van der Waals surface area contributed by atoms with Gasteiger partial charge in [0, 0.05) is 16.2 Å². The summed E-state index contributed by atoms with van der Waals surface area (Å²) in [5.41, 5.74) is 14.6. The van der Waals surface area contributed by atoms with Crippen molar-refractivity contribution in [3.8, 4) is 44.5 Å². The minimum absolute atomic E-state index is 0.134. The fourth-order valence-corrected chi connectivity index (χ4v) is 8.34. The standard InChI is InChI=1S/C47H32O/c1-47(2)41-26-31(23-24-33(41)39-28-44-40(27-42(39)47)34-17-10-11-22-43(34)48-44)30-15-12-16-32(25-30)46-37-20-8-6-18-35(37)45(29-13-4-3-5-14-29)36-19-7-9-21-38(36)46/h3-28H,1-2H3. The summed E-state index contributed by atoms with van der Waals surface area (Å²) in [7, 11) is 0. The number of benzene rings is 8. The minimum Gasteiger partial charge on any atom is -0.456 e. The van der Waals surface area contributed by atoms with E-state index in [1.807, 2.05) is 6.07 Å². The van der Waals surface area contributed by atoms with Crippen LogP contribution >= 0.6 is 0 Å². The Bertz CT molecular complexity index is 2690. The molecule has 48 heavy (non-hydrogen) atoms. The Hall–Kier alpha value is -5.92. The normalized spacial score (nSPS) is 13.4. The average molecular weight is 613 g/mol. The van der Waals surface area contributed by atoms with Crippen LogP contribution in [0.5, 0.6) is 0 Å². The molecule has 1 heterocycles. The molecule has 226 valence electrons. The highest BCUT2D eigenvalue weighted by molar-refractivity contribution is 6.21. The van der Waals surface area contributed by atoms with Gasteiger partial charge < -0.3 is 4.42 Å². The van der Waals surface area contributed by atoms with Crippen LogP contribution in [-0.2, 0) is 5.41 Å². The fourth-order valence-electron chi connectivity index (χ4n) is 8.34. The SMILES string of the molecule is CC1(C)c2cc(-c3cccc(-c4c5ccccc5c(-c5ccccc5)c5ccccc45)c3)ccc2-c2cc3oc4ccccc4c3cc21. The molecule has 1 aromatic heterocycles. The maximum atomic E-state index is 6.30.